The Bertz CT molecular complexity index is 706. The molecule has 1 aliphatic carbocycles. The summed E-state index contributed by atoms with van der Waals surface area (Å²) in [4.78, 5) is 16.7. The fourth-order valence-electron chi connectivity index (χ4n) is 3.12. The molecule has 2 aromatic rings. The number of rotatable bonds is 7. The van der Waals surface area contributed by atoms with Gasteiger partial charge in [-0.3, -0.25) is 4.79 Å². The minimum absolute atomic E-state index is 0.00298. The SMILES string of the molecule is Cc1ccc(CSc2ncc(CO)n2CC(=O)NC2CCCC2)cc1. The molecule has 1 amide bonds. The van der Waals surface area contributed by atoms with Gasteiger partial charge in [-0.05, 0) is 25.3 Å². The first-order chi connectivity index (χ1) is 12.2. The summed E-state index contributed by atoms with van der Waals surface area (Å²) in [7, 11) is 0. The number of hydrogen-bond donors (Lipinski definition) is 2. The second-order valence-electron chi connectivity index (χ2n) is 6.60. The molecule has 0 unspecified atom stereocenters. The molecule has 134 valence electrons. The van der Waals surface area contributed by atoms with Crippen molar-refractivity contribution in [2.75, 3.05) is 0 Å². The number of aromatic nitrogens is 2. The molecule has 1 saturated carbocycles. The predicted octanol–water partition coefficient (Wildman–Crippen LogP) is 3.03. The molecule has 0 saturated heterocycles. The average molecular weight is 359 g/mol. The number of benzene rings is 1. The maximum absolute atomic E-state index is 12.3. The number of carbonyl (C=O) groups excluding carboxylic acids is 1. The Morgan fingerprint density at radius 1 is 1.32 bits per heavy atom. The number of aliphatic hydroxyl groups excluding tert-OH is 1. The van der Waals surface area contributed by atoms with Gasteiger partial charge in [0.15, 0.2) is 5.16 Å². The Morgan fingerprint density at radius 2 is 2.04 bits per heavy atom. The third kappa shape index (κ3) is 4.86. The molecule has 2 N–H and O–H groups in total. The number of aliphatic hydroxyl groups is 1. The molecular weight excluding hydrogens is 334 g/mol. The van der Waals surface area contributed by atoms with Gasteiger partial charge in [-0.1, -0.05) is 54.4 Å². The van der Waals surface area contributed by atoms with Gasteiger partial charge in [-0.2, -0.15) is 0 Å². The monoisotopic (exact) mass is 359 g/mol. The molecule has 1 fully saturated rings. The van der Waals surface area contributed by atoms with Gasteiger partial charge in [0.05, 0.1) is 18.5 Å². The summed E-state index contributed by atoms with van der Waals surface area (Å²) in [6.45, 7) is 2.16. The van der Waals surface area contributed by atoms with Crippen LogP contribution in [0.1, 0.15) is 42.5 Å². The van der Waals surface area contributed by atoms with E-state index in [4.69, 9.17) is 0 Å². The van der Waals surface area contributed by atoms with Crippen molar-refractivity contribution in [3.63, 3.8) is 0 Å². The summed E-state index contributed by atoms with van der Waals surface area (Å²) in [6, 6.07) is 8.70. The van der Waals surface area contributed by atoms with Crippen molar-refractivity contribution in [3.8, 4) is 0 Å². The normalized spacial score (nSPS) is 14.8. The largest absolute Gasteiger partial charge is 0.390 e. The van der Waals surface area contributed by atoms with Crippen molar-refractivity contribution in [3.05, 3.63) is 47.3 Å². The van der Waals surface area contributed by atoms with Crippen LogP contribution in [0.15, 0.2) is 35.6 Å². The minimum Gasteiger partial charge on any atom is -0.390 e. The topological polar surface area (TPSA) is 67.2 Å². The van der Waals surface area contributed by atoms with Crippen LogP contribution in [-0.2, 0) is 23.7 Å². The van der Waals surface area contributed by atoms with Crippen LogP contribution >= 0.6 is 11.8 Å². The Kier molecular flexibility index (Phi) is 6.15. The van der Waals surface area contributed by atoms with E-state index >= 15 is 0 Å². The first kappa shape index (κ1) is 18.0. The number of nitrogens with one attached hydrogen (secondary N) is 1. The number of nitrogens with zero attached hydrogens (tertiary/aromatic N) is 2. The van der Waals surface area contributed by atoms with E-state index in [1.807, 2.05) is 4.57 Å². The molecule has 0 bridgehead atoms. The van der Waals surface area contributed by atoms with Gasteiger partial charge in [0.1, 0.15) is 6.54 Å². The van der Waals surface area contributed by atoms with Crippen molar-refractivity contribution in [2.45, 2.75) is 62.7 Å². The molecule has 1 aromatic heterocycles. The van der Waals surface area contributed by atoms with Gasteiger partial charge in [-0.15, -0.1) is 0 Å². The lowest BCUT2D eigenvalue weighted by Crippen LogP contribution is -2.35. The highest BCUT2D eigenvalue weighted by atomic mass is 32.2. The summed E-state index contributed by atoms with van der Waals surface area (Å²) in [5.41, 5.74) is 3.13. The highest BCUT2D eigenvalue weighted by molar-refractivity contribution is 7.98. The highest BCUT2D eigenvalue weighted by Crippen LogP contribution is 2.24. The second-order valence-corrected chi connectivity index (χ2v) is 7.54. The average Bonchev–Trinajstić information content (AvgIpc) is 3.24. The van der Waals surface area contributed by atoms with Crippen molar-refractivity contribution in [2.24, 2.45) is 0 Å². The Balaban J connectivity index is 1.64. The molecule has 5 nitrogen and oxygen atoms in total. The van der Waals surface area contributed by atoms with Gasteiger partial charge in [-0.25, -0.2) is 4.98 Å². The molecule has 1 heterocycles. The lowest BCUT2D eigenvalue weighted by atomic mass is 10.2. The first-order valence-electron chi connectivity index (χ1n) is 8.78. The smallest absolute Gasteiger partial charge is 0.240 e. The summed E-state index contributed by atoms with van der Waals surface area (Å²) in [5.74, 6) is 0.781. The number of carbonyl (C=O) groups is 1. The van der Waals surface area contributed by atoms with Crippen LogP contribution in [0, 0.1) is 6.92 Å². The highest BCUT2D eigenvalue weighted by Gasteiger charge is 2.19. The molecule has 3 rings (SSSR count). The zero-order valence-corrected chi connectivity index (χ0v) is 15.4. The Labute approximate surface area is 152 Å². The second kappa shape index (κ2) is 8.54. The fraction of sp³-hybridized carbons (Fsp3) is 0.474. The number of amides is 1. The van der Waals surface area contributed by atoms with Crippen molar-refractivity contribution >= 4 is 17.7 Å². The number of hydrogen-bond acceptors (Lipinski definition) is 4. The zero-order valence-electron chi connectivity index (χ0n) is 14.6. The van der Waals surface area contributed by atoms with E-state index in [-0.39, 0.29) is 19.1 Å². The quantitative estimate of drug-likeness (QED) is 0.746. The lowest BCUT2D eigenvalue weighted by molar-refractivity contribution is -0.122. The number of imidazole rings is 1. The predicted molar refractivity (Wildman–Crippen MR) is 99.3 cm³/mol. The van der Waals surface area contributed by atoms with Crippen LogP contribution in [0.25, 0.3) is 0 Å². The third-order valence-corrected chi connectivity index (χ3v) is 5.64. The van der Waals surface area contributed by atoms with E-state index in [0.29, 0.717) is 11.7 Å². The van der Waals surface area contributed by atoms with Crippen LogP contribution in [0.5, 0.6) is 0 Å². The van der Waals surface area contributed by atoms with Gasteiger partial charge in [0.25, 0.3) is 0 Å². The van der Waals surface area contributed by atoms with Gasteiger partial charge in [0, 0.05) is 11.8 Å². The van der Waals surface area contributed by atoms with Crippen LogP contribution in [0.3, 0.4) is 0 Å². The Hall–Kier alpha value is -1.79. The van der Waals surface area contributed by atoms with Crippen LogP contribution in [0.4, 0.5) is 0 Å². The van der Waals surface area contributed by atoms with Crippen LogP contribution in [0.2, 0.25) is 0 Å². The van der Waals surface area contributed by atoms with Crippen molar-refractivity contribution in [1.82, 2.24) is 14.9 Å². The molecule has 0 aliphatic heterocycles. The van der Waals surface area contributed by atoms with E-state index in [0.717, 1.165) is 23.8 Å². The molecular formula is C19H25N3O2S. The van der Waals surface area contributed by atoms with E-state index in [1.54, 1.807) is 18.0 Å². The molecule has 25 heavy (non-hydrogen) atoms. The standard InChI is InChI=1S/C19H25N3O2S/c1-14-6-8-15(9-7-14)13-25-19-20-10-17(12-23)22(19)11-18(24)21-16-4-2-3-5-16/h6-10,16,23H,2-5,11-13H2,1H3,(H,21,24). The maximum Gasteiger partial charge on any atom is 0.240 e. The maximum atomic E-state index is 12.3. The minimum atomic E-state index is -0.116. The van der Waals surface area contributed by atoms with E-state index < -0.39 is 0 Å². The van der Waals surface area contributed by atoms with Crippen LogP contribution in [-0.4, -0.2) is 26.6 Å². The summed E-state index contributed by atoms with van der Waals surface area (Å²) >= 11 is 1.59. The summed E-state index contributed by atoms with van der Waals surface area (Å²) in [5, 5.41) is 13.4. The molecule has 0 radical (unpaired) electrons. The zero-order chi connectivity index (χ0) is 17.6. The van der Waals surface area contributed by atoms with Gasteiger partial charge < -0.3 is 15.0 Å². The lowest BCUT2D eigenvalue weighted by Gasteiger charge is -2.14. The van der Waals surface area contributed by atoms with E-state index in [9.17, 15) is 9.90 Å². The Morgan fingerprint density at radius 3 is 2.72 bits per heavy atom. The molecule has 1 aromatic carbocycles. The summed E-state index contributed by atoms with van der Waals surface area (Å²) in [6.07, 6.45) is 6.17. The summed E-state index contributed by atoms with van der Waals surface area (Å²) < 4.78 is 1.82. The number of aryl methyl sites for hydroxylation is 1. The molecule has 0 spiro atoms. The van der Waals surface area contributed by atoms with Gasteiger partial charge >= 0.3 is 0 Å². The third-order valence-electron chi connectivity index (χ3n) is 4.57. The van der Waals surface area contributed by atoms with E-state index in [1.165, 1.54) is 24.0 Å². The first-order valence-corrected chi connectivity index (χ1v) is 9.77. The van der Waals surface area contributed by atoms with Crippen molar-refractivity contribution in [1.29, 1.82) is 0 Å². The van der Waals surface area contributed by atoms with Gasteiger partial charge in [0.2, 0.25) is 5.91 Å². The molecule has 0 atom stereocenters. The fourth-order valence-corrected chi connectivity index (χ4v) is 4.07. The molecule has 6 heteroatoms. The molecule has 1 aliphatic rings. The van der Waals surface area contributed by atoms with Crippen molar-refractivity contribution < 1.29 is 9.90 Å². The number of thioether (sulfide) groups is 1. The van der Waals surface area contributed by atoms with Crippen LogP contribution < -0.4 is 5.32 Å². The van der Waals surface area contributed by atoms with E-state index in [2.05, 4.69) is 41.5 Å².